The summed E-state index contributed by atoms with van der Waals surface area (Å²) in [7, 11) is 0. The van der Waals surface area contributed by atoms with Crippen LogP contribution in [0, 0.1) is 18.7 Å². The minimum atomic E-state index is -0.681. The van der Waals surface area contributed by atoms with E-state index in [0.29, 0.717) is 16.4 Å². The molecular weight excluding hydrogens is 387 g/mol. The fourth-order valence-electron chi connectivity index (χ4n) is 2.86. The third-order valence-corrected chi connectivity index (χ3v) is 4.80. The van der Waals surface area contributed by atoms with Crippen LogP contribution >= 0.6 is 11.6 Å². The monoisotopic (exact) mass is 404 g/mol. The predicted octanol–water partition coefficient (Wildman–Crippen LogP) is 3.32. The maximum absolute atomic E-state index is 13.0. The average molecular weight is 405 g/mol. The Morgan fingerprint density at radius 1 is 1.25 bits per heavy atom. The Balaban J connectivity index is 1.52. The molecule has 0 radical (unpaired) electrons. The quantitative estimate of drug-likeness (QED) is 0.776. The van der Waals surface area contributed by atoms with Crippen molar-refractivity contribution in [1.29, 1.82) is 0 Å². The summed E-state index contributed by atoms with van der Waals surface area (Å²) < 4.78 is 18.1. The molecule has 0 saturated carbocycles. The van der Waals surface area contributed by atoms with Crippen molar-refractivity contribution in [2.24, 2.45) is 5.92 Å². The molecule has 0 unspecified atom stereocenters. The van der Waals surface area contributed by atoms with E-state index in [0.717, 1.165) is 5.56 Å². The van der Waals surface area contributed by atoms with Crippen LogP contribution in [0.25, 0.3) is 0 Å². The fourth-order valence-corrected chi connectivity index (χ4v) is 3.04. The number of ether oxygens (including phenoxy) is 1. The minimum absolute atomic E-state index is 0.0224. The first-order chi connectivity index (χ1) is 13.3. The number of anilines is 2. The number of nitrogens with zero attached hydrogens (tertiary/aromatic N) is 1. The average Bonchev–Trinajstić information content (AvgIpc) is 3.05. The van der Waals surface area contributed by atoms with Crippen molar-refractivity contribution < 1.29 is 23.5 Å². The van der Waals surface area contributed by atoms with Gasteiger partial charge in [0.2, 0.25) is 5.91 Å². The molecule has 2 aromatic rings. The third-order valence-electron chi connectivity index (χ3n) is 4.40. The highest BCUT2D eigenvalue weighted by molar-refractivity contribution is 6.31. The van der Waals surface area contributed by atoms with E-state index in [4.69, 9.17) is 16.3 Å². The van der Waals surface area contributed by atoms with Crippen molar-refractivity contribution in [2.45, 2.75) is 13.3 Å². The molecule has 1 heterocycles. The number of amides is 2. The summed E-state index contributed by atoms with van der Waals surface area (Å²) in [6, 6.07) is 10.5. The number of carbonyl (C=O) groups is 3. The van der Waals surface area contributed by atoms with E-state index in [2.05, 4.69) is 5.32 Å². The second kappa shape index (κ2) is 8.39. The van der Waals surface area contributed by atoms with E-state index in [9.17, 15) is 18.8 Å². The number of halogens is 2. The molecule has 146 valence electrons. The first kappa shape index (κ1) is 19.8. The summed E-state index contributed by atoms with van der Waals surface area (Å²) in [5, 5.41) is 3.11. The van der Waals surface area contributed by atoms with Crippen LogP contribution in [0.15, 0.2) is 42.5 Å². The van der Waals surface area contributed by atoms with Crippen LogP contribution in [0.5, 0.6) is 0 Å². The van der Waals surface area contributed by atoms with Gasteiger partial charge < -0.3 is 15.0 Å². The number of esters is 1. The van der Waals surface area contributed by atoms with Gasteiger partial charge in [0.05, 0.1) is 5.92 Å². The lowest BCUT2D eigenvalue weighted by Crippen LogP contribution is -2.28. The molecule has 1 aliphatic rings. The maximum Gasteiger partial charge on any atom is 0.311 e. The summed E-state index contributed by atoms with van der Waals surface area (Å²) in [4.78, 5) is 37.7. The fraction of sp³-hybridized carbons (Fsp3) is 0.250. The van der Waals surface area contributed by atoms with Gasteiger partial charge in [0.1, 0.15) is 5.82 Å². The molecule has 28 heavy (non-hydrogen) atoms. The summed E-state index contributed by atoms with van der Waals surface area (Å²) >= 11 is 6.00. The van der Waals surface area contributed by atoms with Crippen molar-refractivity contribution in [3.63, 3.8) is 0 Å². The highest BCUT2D eigenvalue weighted by Gasteiger charge is 2.36. The van der Waals surface area contributed by atoms with E-state index >= 15 is 0 Å². The van der Waals surface area contributed by atoms with Crippen LogP contribution in [0.3, 0.4) is 0 Å². The molecule has 0 aliphatic carbocycles. The van der Waals surface area contributed by atoms with Gasteiger partial charge in [0, 0.05) is 29.4 Å². The summed E-state index contributed by atoms with van der Waals surface area (Å²) in [6.45, 7) is 1.50. The number of hydrogen-bond donors (Lipinski definition) is 1. The number of carbonyl (C=O) groups excluding carboxylic acids is 3. The first-order valence-corrected chi connectivity index (χ1v) is 9.00. The molecule has 0 aromatic heterocycles. The highest BCUT2D eigenvalue weighted by atomic mass is 35.5. The van der Waals surface area contributed by atoms with Crippen molar-refractivity contribution in [2.75, 3.05) is 23.4 Å². The molecule has 1 atom stereocenters. The Morgan fingerprint density at radius 2 is 1.96 bits per heavy atom. The Bertz CT molecular complexity index is 917. The van der Waals surface area contributed by atoms with E-state index in [1.807, 2.05) is 6.92 Å². The van der Waals surface area contributed by atoms with Crippen LogP contribution in [0.4, 0.5) is 15.8 Å². The van der Waals surface area contributed by atoms with Crippen LogP contribution in [0.2, 0.25) is 5.02 Å². The largest absolute Gasteiger partial charge is 0.455 e. The standard InChI is InChI=1S/C20H18ClFN2O4/c1-12-2-5-15(9-17(12)21)23-18(25)11-28-20(27)13-8-19(26)24(10-13)16-6-3-14(22)4-7-16/h2-7,9,13H,8,10-11H2,1H3,(H,23,25)/t13-/m1/s1. The molecule has 0 spiro atoms. The normalized spacial score (nSPS) is 16.2. The van der Waals surface area contributed by atoms with Gasteiger partial charge in [-0.1, -0.05) is 17.7 Å². The Labute approximate surface area is 166 Å². The van der Waals surface area contributed by atoms with E-state index in [1.165, 1.54) is 29.2 Å². The molecule has 1 saturated heterocycles. The minimum Gasteiger partial charge on any atom is -0.455 e. The zero-order chi connectivity index (χ0) is 20.3. The number of rotatable bonds is 5. The highest BCUT2D eigenvalue weighted by Crippen LogP contribution is 2.26. The van der Waals surface area contributed by atoms with E-state index in [-0.39, 0.29) is 18.9 Å². The predicted molar refractivity (Wildman–Crippen MR) is 103 cm³/mol. The van der Waals surface area contributed by atoms with Crippen molar-refractivity contribution in [1.82, 2.24) is 0 Å². The van der Waals surface area contributed by atoms with Gasteiger partial charge in [0.25, 0.3) is 5.91 Å². The topological polar surface area (TPSA) is 75.7 Å². The lowest BCUT2D eigenvalue weighted by atomic mass is 10.1. The molecule has 1 N–H and O–H groups in total. The van der Waals surface area contributed by atoms with Gasteiger partial charge in [-0.15, -0.1) is 0 Å². The van der Waals surface area contributed by atoms with Gasteiger partial charge >= 0.3 is 5.97 Å². The second-order valence-corrected chi connectivity index (χ2v) is 6.91. The number of benzene rings is 2. The molecule has 1 fully saturated rings. The van der Waals surface area contributed by atoms with Gasteiger partial charge in [-0.3, -0.25) is 14.4 Å². The Morgan fingerprint density at radius 3 is 2.64 bits per heavy atom. The molecular formula is C20H18ClFN2O4. The van der Waals surface area contributed by atoms with Crippen molar-refractivity contribution in [3.8, 4) is 0 Å². The molecule has 2 amide bonds. The number of nitrogens with one attached hydrogen (secondary N) is 1. The molecule has 0 bridgehead atoms. The second-order valence-electron chi connectivity index (χ2n) is 6.50. The maximum atomic E-state index is 13.0. The summed E-state index contributed by atoms with van der Waals surface area (Å²) in [5.74, 6) is -2.48. The van der Waals surface area contributed by atoms with Crippen molar-refractivity contribution >= 4 is 40.8 Å². The zero-order valence-corrected chi connectivity index (χ0v) is 15.8. The number of hydrogen-bond acceptors (Lipinski definition) is 4. The van der Waals surface area contributed by atoms with E-state index < -0.39 is 30.2 Å². The zero-order valence-electron chi connectivity index (χ0n) is 15.1. The number of aryl methyl sites for hydroxylation is 1. The van der Waals surface area contributed by atoms with Crippen LogP contribution < -0.4 is 10.2 Å². The molecule has 8 heteroatoms. The molecule has 2 aromatic carbocycles. The molecule has 3 rings (SSSR count). The van der Waals surface area contributed by atoms with Crippen LogP contribution in [-0.4, -0.2) is 30.9 Å². The van der Waals surface area contributed by atoms with Crippen LogP contribution in [0.1, 0.15) is 12.0 Å². The Hall–Kier alpha value is -2.93. The lowest BCUT2D eigenvalue weighted by Gasteiger charge is -2.16. The third kappa shape index (κ3) is 4.67. The Kier molecular flexibility index (Phi) is 5.94. The molecule has 6 nitrogen and oxygen atoms in total. The summed E-state index contributed by atoms with van der Waals surface area (Å²) in [6.07, 6.45) is -0.0224. The molecule has 1 aliphatic heterocycles. The van der Waals surface area contributed by atoms with Crippen molar-refractivity contribution in [3.05, 3.63) is 58.9 Å². The SMILES string of the molecule is Cc1ccc(NC(=O)COC(=O)[C@@H]2CC(=O)N(c3ccc(F)cc3)C2)cc1Cl. The summed E-state index contributed by atoms with van der Waals surface area (Å²) in [5.41, 5.74) is 1.88. The van der Waals surface area contributed by atoms with Crippen LogP contribution in [-0.2, 0) is 19.1 Å². The smallest absolute Gasteiger partial charge is 0.311 e. The van der Waals surface area contributed by atoms with Gasteiger partial charge in [-0.05, 0) is 48.9 Å². The first-order valence-electron chi connectivity index (χ1n) is 8.62. The van der Waals surface area contributed by atoms with E-state index in [1.54, 1.807) is 18.2 Å². The van der Waals surface area contributed by atoms with Gasteiger partial charge in [-0.25, -0.2) is 4.39 Å². The lowest BCUT2D eigenvalue weighted by molar-refractivity contribution is -0.151. The van der Waals surface area contributed by atoms with Gasteiger partial charge in [0.15, 0.2) is 6.61 Å². The van der Waals surface area contributed by atoms with Gasteiger partial charge in [-0.2, -0.15) is 0 Å².